The van der Waals surface area contributed by atoms with Gasteiger partial charge in [-0.15, -0.1) is 0 Å². The number of hydrogen-bond acceptors (Lipinski definition) is 3. The first-order chi connectivity index (χ1) is 8.92. The molecule has 19 heavy (non-hydrogen) atoms. The van der Waals surface area contributed by atoms with Crippen LogP contribution in [-0.2, 0) is 16.4 Å². The molecule has 0 fully saturated rings. The number of aryl methyl sites for hydroxylation is 1. The number of nitrogens with zero attached hydrogens (tertiary/aromatic N) is 1. The fourth-order valence-electron chi connectivity index (χ4n) is 1.47. The van der Waals surface area contributed by atoms with Gasteiger partial charge >= 0.3 is 0 Å². The molecule has 0 atom stereocenters. The molecule has 0 aliphatic rings. The largest absolute Gasteiger partial charge is 0.280 e. The fourth-order valence-corrected chi connectivity index (χ4v) is 2.98. The third-order valence-electron chi connectivity index (χ3n) is 2.43. The Kier molecular flexibility index (Phi) is 3.77. The molecule has 102 valence electrons. The second kappa shape index (κ2) is 5.18. The summed E-state index contributed by atoms with van der Waals surface area (Å²) in [5.74, 6) is -0.543. The molecular formula is C11H11ClFN3O2S. The van der Waals surface area contributed by atoms with Gasteiger partial charge in [-0.05, 0) is 24.6 Å². The number of rotatable bonds is 4. The molecule has 0 radical (unpaired) electrons. The van der Waals surface area contributed by atoms with Crippen molar-refractivity contribution in [3.8, 4) is 0 Å². The number of halogens is 2. The first kappa shape index (κ1) is 13.8. The van der Waals surface area contributed by atoms with E-state index in [1.54, 1.807) is 6.07 Å². The molecule has 0 amide bonds. The van der Waals surface area contributed by atoms with E-state index in [1.165, 1.54) is 6.07 Å². The van der Waals surface area contributed by atoms with Crippen molar-refractivity contribution in [3.63, 3.8) is 0 Å². The molecule has 2 N–H and O–H groups in total. The van der Waals surface area contributed by atoms with Gasteiger partial charge in [0, 0.05) is 11.8 Å². The molecule has 0 saturated heterocycles. The standard InChI is InChI=1S/C11H11ClFN3O2S/c1-2-8-6-11(15-14-8)16-19(17,18)10-5-7(13)3-4-9(10)12/h3-6H,2H2,1H3,(H2,14,15,16). The lowest BCUT2D eigenvalue weighted by Crippen LogP contribution is -2.14. The van der Waals surface area contributed by atoms with Gasteiger partial charge in [-0.2, -0.15) is 5.10 Å². The molecule has 0 saturated carbocycles. The molecule has 5 nitrogen and oxygen atoms in total. The second-order valence-electron chi connectivity index (χ2n) is 3.81. The summed E-state index contributed by atoms with van der Waals surface area (Å²) in [5.41, 5.74) is 0.781. The lowest BCUT2D eigenvalue weighted by molar-refractivity contribution is 0.595. The predicted molar refractivity (Wildman–Crippen MR) is 70.2 cm³/mol. The van der Waals surface area contributed by atoms with Crippen molar-refractivity contribution in [2.45, 2.75) is 18.2 Å². The van der Waals surface area contributed by atoms with Crippen molar-refractivity contribution in [2.75, 3.05) is 4.72 Å². The number of aromatic amines is 1. The van der Waals surface area contributed by atoms with Crippen LogP contribution in [0.3, 0.4) is 0 Å². The van der Waals surface area contributed by atoms with Crippen LogP contribution in [0.2, 0.25) is 5.02 Å². The minimum Gasteiger partial charge on any atom is -0.280 e. The van der Waals surface area contributed by atoms with E-state index >= 15 is 0 Å². The van der Waals surface area contributed by atoms with Gasteiger partial charge in [-0.25, -0.2) is 12.8 Å². The quantitative estimate of drug-likeness (QED) is 0.911. The first-order valence-electron chi connectivity index (χ1n) is 5.44. The van der Waals surface area contributed by atoms with Crippen molar-refractivity contribution in [1.82, 2.24) is 10.2 Å². The topological polar surface area (TPSA) is 74.8 Å². The van der Waals surface area contributed by atoms with Gasteiger partial charge in [0.2, 0.25) is 0 Å². The highest BCUT2D eigenvalue weighted by Crippen LogP contribution is 2.24. The molecule has 0 aliphatic carbocycles. The van der Waals surface area contributed by atoms with Gasteiger partial charge in [-0.3, -0.25) is 9.82 Å². The number of nitrogens with one attached hydrogen (secondary N) is 2. The van der Waals surface area contributed by atoms with Crippen molar-refractivity contribution >= 4 is 27.4 Å². The average molecular weight is 304 g/mol. The predicted octanol–water partition coefficient (Wildman–Crippen LogP) is 2.57. The molecule has 1 aromatic heterocycles. The highest BCUT2D eigenvalue weighted by molar-refractivity contribution is 7.92. The normalized spacial score (nSPS) is 11.5. The van der Waals surface area contributed by atoms with E-state index in [0.29, 0.717) is 6.42 Å². The molecule has 0 unspecified atom stereocenters. The van der Waals surface area contributed by atoms with Gasteiger partial charge in [0.1, 0.15) is 10.7 Å². The van der Waals surface area contributed by atoms with E-state index in [2.05, 4.69) is 14.9 Å². The van der Waals surface area contributed by atoms with Crippen LogP contribution in [0, 0.1) is 5.82 Å². The third-order valence-corrected chi connectivity index (χ3v) is 4.27. The number of sulfonamides is 1. The SMILES string of the molecule is CCc1cc(NS(=O)(=O)c2cc(F)ccc2Cl)n[nH]1. The van der Waals surface area contributed by atoms with Crippen molar-refractivity contribution in [3.05, 3.63) is 40.8 Å². The van der Waals surface area contributed by atoms with Crippen LogP contribution >= 0.6 is 11.6 Å². The fraction of sp³-hybridized carbons (Fsp3) is 0.182. The summed E-state index contributed by atoms with van der Waals surface area (Å²) in [4.78, 5) is -0.324. The zero-order chi connectivity index (χ0) is 14.0. The molecule has 8 heteroatoms. The molecule has 2 aromatic rings. The Hall–Kier alpha value is -1.60. The zero-order valence-corrected chi connectivity index (χ0v) is 11.5. The van der Waals surface area contributed by atoms with Gasteiger partial charge < -0.3 is 0 Å². The Morgan fingerprint density at radius 1 is 1.42 bits per heavy atom. The van der Waals surface area contributed by atoms with E-state index in [9.17, 15) is 12.8 Å². The molecular weight excluding hydrogens is 293 g/mol. The van der Waals surface area contributed by atoms with Crippen LogP contribution in [0.5, 0.6) is 0 Å². The van der Waals surface area contributed by atoms with E-state index in [4.69, 9.17) is 11.6 Å². The lowest BCUT2D eigenvalue weighted by Gasteiger charge is -2.07. The highest BCUT2D eigenvalue weighted by Gasteiger charge is 2.20. The first-order valence-corrected chi connectivity index (χ1v) is 7.30. The van der Waals surface area contributed by atoms with Crippen molar-refractivity contribution < 1.29 is 12.8 Å². The Labute approximate surface area is 114 Å². The summed E-state index contributed by atoms with van der Waals surface area (Å²) in [7, 11) is -3.97. The van der Waals surface area contributed by atoms with Crippen molar-refractivity contribution in [1.29, 1.82) is 0 Å². The lowest BCUT2D eigenvalue weighted by atomic mass is 10.3. The van der Waals surface area contributed by atoms with Crippen LogP contribution < -0.4 is 4.72 Å². The maximum atomic E-state index is 13.1. The summed E-state index contributed by atoms with van der Waals surface area (Å²) < 4.78 is 39.5. The Morgan fingerprint density at radius 3 is 2.79 bits per heavy atom. The Balaban J connectivity index is 2.34. The molecule has 2 rings (SSSR count). The summed E-state index contributed by atoms with van der Waals surface area (Å²) in [6, 6.07) is 4.70. The molecule has 0 aliphatic heterocycles. The molecule has 0 bridgehead atoms. The molecule has 1 heterocycles. The number of anilines is 1. The summed E-state index contributed by atoms with van der Waals surface area (Å²) >= 11 is 5.77. The second-order valence-corrected chi connectivity index (χ2v) is 5.87. The van der Waals surface area contributed by atoms with Gasteiger partial charge in [0.25, 0.3) is 10.0 Å². The van der Waals surface area contributed by atoms with Crippen LogP contribution in [0.1, 0.15) is 12.6 Å². The minimum absolute atomic E-state index is 0.0554. The van der Waals surface area contributed by atoms with Gasteiger partial charge in [0.15, 0.2) is 5.82 Å². The van der Waals surface area contributed by atoms with E-state index in [1.807, 2.05) is 6.92 Å². The molecule has 0 spiro atoms. The average Bonchev–Trinajstić information content (AvgIpc) is 2.79. The van der Waals surface area contributed by atoms with Crippen LogP contribution in [0.15, 0.2) is 29.2 Å². The van der Waals surface area contributed by atoms with Gasteiger partial charge in [0.05, 0.1) is 5.02 Å². The summed E-state index contributed by atoms with van der Waals surface area (Å²) in [5, 5.41) is 6.41. The Bertz CT molecular complexity index is 700. The maximum Gasteiger partial charge on any atom is 0.264 e. The number of aromatic nitrogens is 2. The highest BCUT2D eigenvalue weighted by atomic mass is 35.5. The number of hydrogen-bond donors (Lipinski definition) is 2. The third kappa shape index (κ3) is 3.05. The van der Waals surface area contributed by atoms with Crippen LogP contribution in [0.25, 0.3) is 0 Å². The number of H-pyrrole nitrogens is 1. The van der Waals surface area contributed by atoms with E-state index in [-0.39, 0.29) is 15.7 Å². The minimum atomic E-state index is -3.97. The van der Waals surface area contributed by atoms with E-state index < -0.39 is 15.8 Å². The smallest absolute Gasteiger partial charge is 0.264 e. The summed E-state index contributed by atoms with van der Waals surface area (Å²) in [6.07, 6.45) is 0.690. The van der Waals surface area contributed by atoms with Crippen LogP contribution in [0.4, 0.5) is 10.2 Å². The maximum absolute atomic E-state index is 13.1. The molecule has 1 aromatic carbocycles. The monoisotopic (exact) mass is 303 g/mol. The number of benzene rings is 1. The van der Waals surface area contributed by atoms with Crippen molar-refractivity contribution in [2.24, 2.45) is 0 Å². The summed E-state index contributed by atoms with van der Waals surface area (Å²) in [6.45, 7) is 1.90. The van der Waals surface area contributed by atoms with Gasteiger partial charge in [-0.1, -0.05) is 18.5 Å². The zero-order valence-electron chi connectivity index (χ0n) is 9.94. The van der Waals surface area contributed by atoms with Crippen LogP contribution in [-0.4, -0.2) is 18.6 Å². The van der Waals surface area contributed by atoms with E-state index in [0.717, 1.165) is 17.8 Å². The Morgan fingerprint density at radius 2 is 2.16 bits per heavy atom.